The van der Waals surface area contributed by atoms with E-state index in [0.29, 0.717) is 31.5 Å². The van der Waals surface area contributed by atoms with E-state index in [1.807, 2.05) is 37.3 Å². The fraction of sp³-hybridized carbons (Fsp3) is 0.476. The molecule has 1 aromatic heterocycles. The maximum atomic E-state index is 12.8. The van der Waals surface area contributed by atoms with Crippen LogP contribution in [0.1, 0.15) is 55.2 Å². The summed E-state index contributed by atoms with van der Waals surface area (Å²) in [5.74, 6) is -0.933. The normalized spacial score (nSPS) is 17.0. The molecule has 0 radical (unpaired) electrons. The number of rotatable bonds is 3. The van der Waals surface area contributed by atoms with Crippen molar-refractivity contribution in [2.45, 2.75) is 51.5 Å². The first-order valence-corrected chi connectivity index (χ1v) is 9.30. The molecule has 27 heavy (non-hydrogen) atoms. The fourth-order valence-corrected chi connectivity index (χ4v) is 3.57. The minimum atomic E-state index is -1.11. The van der Waals surface area contributed by atoms with Gasteiger partial charge in [0.25, 0.3) is 5.91 Å². The number of aryl methyl sites for hydroxylation is 1. The molecule has 1 aliphatic heterocycles. The molecule has 3 rings (SSSR count). The second kappa shape index (κ2) is 6.83. The molecule has 2 heterocycles. The number of aromatic nitrogens is 2. The fourth-order valence-electron chi connectivity index (χ4n) is 3.57. The zero-order chi connectivity index (χ0) is 19.8. The van der Waals surface area contributed by atoms with Crippen LogP contribution in [0.3, 0.4) is 0 Å². The summed E-state index contributed by atoms with van der Waals surface area (Å²) in [6, 6.07) is 9.37. The molecule has 1 aliphatic rings. The second-order valence-electron chi connectivity index (χ2n) is 8.34. The van der Waals surface area contributed by atoms with Crippen molar-refractivity contribution in [3.63, 3.8) is 0 Å². The summed E-state index contributed by atoms with van der Waals surface area (Å²) in [5, 5.41) is 14.5. The lowest BCUT2D eigenvalue weighted by Gasteiger charge is -2.39. The molecule has 6 heteroatoms. The van der Waals surface area contributed by atoms with Gasteiger partial charge in [0, 0.05) is 43.1 Å². The zero-order valence-electron chi connectivity index (χ0n) is 16.4. The van der Waals surface area contributed by atoms with E-state index in [9.17, 15) is 14.7 Å². The van der Waals surface area contributed by atoms with Crippen LogP contribution >= 0.6 is 0 Å². The molecule has 2 aromatic rings. The lowest BCUT2D eigenvalue weighted by atomic mass is 9.87. The van der Waals surface area contributed by atoms with Gasteiger partial charge in [0.1, 0.15) is 0 Å². The van der Waals surface area contributed by atoms with Crippen molar-refractivity contribution in [1.82, 2.24) is 14.7 Å². The largest absolute Gasteiger partial charge is 0.479 e. The lowest BCUT2D eigenvalue weighted by Crippen LogP contribution is -2.52. The van der Waals surface area contributed by atoms with Crippen LogP contribution in [0.4, 0.5) is 0 Å². The molecular weight excluding hydrogens is 342 g/mol. The Morgan fingerprint density at radius 1 is 1.11 bits per heavy atom. The number of benzene rings is 1. The molecule has 0 unspecified atom stereocenters. The Hall–Kier alpha value is -2.63. The number of aliphatic carboxylic acids is 1. The molecule has 144 valence electrons. The van der Waals surface area contributed by atoms with Crippen LogP contribution in [0, 0.1) is 6.92 Å². The summed E-state index contributed by atoms with van der Waals surface area (Å²) in [4.78, 5) is 26.7. The summed E-state index contributed by atoms with van der Waals surface area (Å²) in [6.07, 6.45) is 2.43. The zero-order valence-corrected chi connectivity index (χ0v) is 16.4. The SMILES string of the molecule is Cc1ccccc1C(=O)N1CCC(C(=O)O)(n2ccc(C(C)(C)C)n2)CC1. The molecule has 1 N–H and O–H groups in total. The van der Waals surface area contributed by atoms with E-state index in [4.69, 9.17) is 0 Å². The highest BCUT2D eigenvalue weighted by Gasteiger charge is 2.45. The highest BCUT2D eigenvalue weighted by molar-refractivity contribution is 5.95. The van der Waals surface area contributed by atoms with E-state index in [0.717, 1.165) is 11.3 Å². The van der Waals surface area contributed by atoms with Crippen LogP contribution in [0.5, 0.6) is 0 Å². The number of hydrogen-bond donors (Lipinski definition) is 1. The van der Waals surface area contributed by atoms with Crippen LogP contribution < -0.4 is 0 Å². The van der Waals surface area contributed by atoms with Crippen molar-refractivity contribution < 1.29 is 14.7 Å². The van der Waals surface area contributed by atoms with Gasteiger partial charge >= 0.3 is 5.97 Å². The van der Waals surface area contributed by atoms with Gasteiger partial charge in [-0.2, -0.15) is 5.10 Å². The third-order valence-corrected chi connectivity index (χ3v) is 5.45. The Morgan fingerprint density at radius 2 is 1.74 bits per heavy atom. The highest BCUT2D eigenvalue weighted by Crippen LogP contribution is 2.32. The Labute approximate surface area is 159 Å². The summed E-state index contributed by atoms with van der Waals surface area (Å²) >= 11 is 0. The Bertz CT molecular complexity index is 856. The van der Waals surface area contributed by atoms with Gasteiger partial charge in [-0.15, -0.1) is 0 Å². The monoisotopic (exact) mass is 369 g/mol. The maximum Gasteiger partial charge on any atom is 0.331 e. The molecule has 0 bridgehead atoms. The van der Waals surface area contributed by atoms with Crippen LogP contribution in [0.25, 0.3) is 0 Å². The van der Waals surface area contributed by atoms with E-state index in [1.54, 1.807) is 15.8 Å². The van der Waals surface area contributed by atoms with E-state index in [-0.39, 0.29) is 11.3 Å². The van der Waals surface area contributed by atoms with E-state index in [2.05, 4.69) is 25.9 Å². The quantitative estimate of drug-likeness (QED) is 0.901. The molecule has 0 saturated carbocycles. The van der Waals surface area contributed by atoms with Crippen LogP contribution in [-0.2, 0) is 15.7 Å². The first-order chi connectivity index (χ1) is 12.6. The molecule has 1 aromatic carbocycles. The van der Waals surface area contributed by atoms with Crippen molar-refractivity contribution in [2.75, 3.05) is 13.1 Å². The smallest absolute Gasteiger partial charge is 0.331 e. The number of nitrogens with zero attached hydrogens (tertiary/aromatic N) is 3. The Balaban J connectivity index is 1.82. The van der Waals surface area contributed by atoms with Gasteiger partial charge < -0.3 is 10.0 Å². The lowest BCUT2D eigenvalue weighted by molar-refractivity contribution is -0.150. The second-order valence-corrected chi connectivity index (χ2v) is 8.34. The van der Waals surface area contributed by atoms with Crippen LogP contribution in [0.2, 0.25) is 0 Å². The third-order valence-electron chi connectivity index (χ3n) is 5.45. The average molecular weight is 369 g/mol. The standard InChI is InChI=1S/C21H27N3O3/c1-15-7-5-6-8-16(15)18(25)23-13-10-21(11-14-23,19(26)27)24-12-9-17(22-24)20(2,3)4/h5-9,12H,10-11,13-14H2,1-4H3,(H,26,27). The molecule has 0 spiro atoms. The average Bonchev–Trinajstić information content (AvgIpc) is 3.12. The van der Waals surface area contributed by atoms with Crippen molar-refractivity contribution in [1.29, 1.82) is 0 Å². The minimum absolute atomic E-state index is 0.0389. The summed E-state index contributed by atoms with van der Waals surface area (Å²) < 4.78 is 1.59. The number of likely N-dealkylation sites (tertiary alicyclic amines) is 1. The van der Waals surface area contributed by atoms with Crippen molar-refractivity contribution >= 4 is 11.9 Å². The predicted octanol–water partition coefficient (Wildman–Crippen LogP) is 3.21. The van der Waals surface area contributed by atoms with E-state index >= 15 is 0 Å². The first-order valence-electron chi connectivity index (χ1n) is 9.30. The summed E-state index contributed by atoms with van der Waals surface area (Å²) in [7, 11) is 0. The number of carboxylic acid groups (broad SMARTS) is 1. The van der Waals surface area contributed by atoms with Gasteiger partial charge in [-0.05, 0) is 24.6 Å². The van der Waals surface area contributed by atoms with Gasteiger partial charge in [-0.3, -0.25) is 9.48 Å². The van der Waals surface area contributed by atoms with Gasteiger partial charge in [-0.25, -0.2) is 4.79 Å². The maximum absolute atomic E-state index is 12.8. The van der Waals surface area contributed by atoms with Crippen LogP contribution in [0.15, 0.2) is 36.5 Å². The van der Waals surface area contributed by atoms with Crippen LogP contribution in [-0.4, -0.2) is 44.8 Å². The number of piperidine rings is 1. The van der Waals surface area contributed by atoms with E-state index < -0.39 is 11.5 Å². The van der Waals surface area contributed by atoms with E-state index in [1.165, 1.54) is 0 Å². The number of carbonyl (C=O) groups is 2. The number of carboxylic acids is 1. The molecular formula is C21H27N3O3. The number of amides is 1. The van der Waals surface area contributed by atoms with Crippen molar-refractivity contribution in [2.24, 2.45) is 0 Å². The Kier molecular flexibility index (Phi) is 4.84. The Morgan fingerprint density at radius 3 is 2.26 bits per heavy atom. The molecule has 1 amide bonds. The number of hydrogen-bond acceptors (Lipinski definition) is 3. The third kappa shape index (κ3) is 3.48. The predicted molar refractivity (Wildman–Crippen MR) is 103 cm³/mol. The topological polar surface area (TPSA) is 75.4 Å². The molecule has 0 aliphatic carbocycles. The van der Waals surface area contributed by atoms with Gasteiger partial charge in [0.15, 0.2) is 5.54 Å². The van der Waals surface area contributed by atoms with Gasteiger partial charge in [-0.1, -0.05) is 39.0 Å². The first kappa shape index (κ1) is 19.1. The summed E-state index contributed by atoms with van der Waals surface area (Å²) in [5.41, 5.74) is 1.22. The minimum Gasteiger partial charge on any atom is -0.479 e. The van der Waals surface area contributed by atoms with Crippen molar-refractivity contribution in [3.8, 4) is 0 Å². The number of carbonyl (C=O) groups excluding carboxylic acids is 1. The van der Waals surface area contributed by atoms with Gasteiger partial charge in [0.2, 0.25) is 0 Å². The molecule has 0 atom stereocenters. The molecule has 1 saturated heterocycles. The molecule has 6 nitrogen and oxygen atoms in total. The molecule has 1 fully saturated rings. The van der Waals surface area contributed by atoms with Gasteiger partial charge in [0.05, 0.1) is 5.69 Å². The highest BCUT2D eigenvalue weighted by atomic mass is 16.4. The van der Waals surface area contributed by atoms with Crippen molar-refractivity contribution in [3.05, 3.63) is 53.3 Å². The summed E-state index contributed by atoms with van der Waals surface area (Å²) in [6.45, 7) is 8.86.